The number of benzene rings is 2. The monoisotopic (exact) mass is 459 g/mol. The minimum absolute atomic E-state index is 0.00143. The molecule has 0 saturated carbocycles. The zero-order valence-corrected chi connectivity index (χ0v) is 19.3. The third-order valence-corrected chi connectivity index (χ3v) is 6.38. The number of carboxylic acid groups (broad SMARTS) is 2. The lowest BCUT2D eigenvalue weighted by Gasteiger charge is -2.37. The van der Waals surface area contributed by atoms with Crippen molar-refractivity contribution in [3.63, 3.8) is 0 Å². The number of fused-ring (bicyclic) bond motifs is 1. The highest BCUT2D eigenvalue weighted by Gasteiger charge is 2.41. The Kier molecular flexibility index (Phi) is 10.0. The van der Waals surface area contributed by atoms with Gasteiger partial charge in [0, 0.05) is 5.92 Å². The van der Waals surface area contributed by atoms with Crippen LogP contribution in [0.5, 0.6) is 0 Å². The van der Waals surface area contributed by atoms with Gasteiger partial charge < -0.3 is 20.2 Å². The molecule has 0 radical (unpaired) electrons. The Morgan fingerprint density at radius 2 is 1.64 bits per heavy atom. The Labute approximate surface area is 194 Å². The van der Waals surface area contributed by atoms with Gasteiger partial charge in [-0.3, -0.25) is 0 Å². The molecule has 7 heteroatoms. The van der Waals surface area contributed by atoms with Crippen molar-refractivity contribution < 1.29 is 29.3 Å². The second kappa shape index (κ2) is 12.5. The van der Waals surface area contributed by atoms with Gasteiger partial charge in [-0.15, -0.1) is 0 Å². The van der Waals surface area contributed by atoms with E-state index in [-0.39, 0.29) is 11.7 Å². The van der Waals surface area contributed by atoms with Crippen LogP contribution >= 0.6 is 0 Å². The van der Waals surface area contributed by atoms with Gasteiger partial charge in [0.1, 0.15) is 5.82 Å². The minimum Gasteiger partial charge on any atom is -0.473 e. The quantitative estimate of drug-likeness (QED) is 0.419. The number of aliphatic carboxylic acids is 2. The lowest BCUT2D eigenvalue weighted by molar-refractivity contribution is -0.159. The molecular weight excluding hydrogens is 425 g/mol. The summed E-state index contributed by atoms with van der Waals surface area (Å²) in [5.41, 5.74) is 2.46. The van der Waals surface area contributed by atoms with Crippen LogP contribution in [0.15, 0.2) is 48.5 Å². The van der Waals surface area contributed by atoms with Crippen LogP contribution in [0.25, 0.3) is 0 Å². The zero-order valence-electron chi connectivity index (χ0n) is 19.3. The number of aryl methyl sites for hydroxylation is 1. The third kappa shape index (κ3) is 7.11. The van der Waals surface area contributed by atoms with Crippen molar-refractivity contribution in [3.05, 3.63) is 71.0 Å². The molecule has 3 rings (SSSR count). The molecule has 0 amide bonds. The molecule has 0 saturated heterocycles. The molecule has 2 aromatic rings. The number of rotatable bonds is 7. The maximum absolute atomic E-state index is 13.5. The summed E-state index contributed by atoms with van der Waals surface area (Å²) in [4.78, 5) is 20.6. The van der Waals surface area contributed by atoms with Crippen molar-refractivity contribution in [2.45, 2.75) is 57.5 Å². The summed E-state index contributed by atoms with van der Waals surface area (Å²) < 4.78 is 13.5. The summed E-state index contributed by atoms with van der Waals surface area (Å²) in [7, 11) is 0. The van der Waals surface area contributed by atoms with Gasteiger partial charge in [0.15, 0.2) is 0 Å². The predicted molar refractivity (Wildman–Crippen MR) is 125 cm³/mol. The minimum atomic E-state index is -1.82. The molecule has 0 heterocycles. The van der Waals surface area contributed by atoms with Gasteiger partial charge in [-0.05, 0) is 80.6 Å². The number of hydrogen-bond donors (Lipinski definition) is 3. The normalized spacial score (nSPS) is 19.7. The summed E-state index contributed by atoms with van der Waals surface area (Å²) in [6.07, 6.45) is 4.62. The van der Waals surface area contributed by atoms with E-state index in [0.717, 1.165) is 62.9 Å². The number of hydrogen-bond acceptors (Lipinski definition) is 4. The highest BCUT2D eigenvalue weighted by molar-refractivity contribution is 6.27. The lowest BCUT2D eigenvalue weighted by atomic mass is 9.73. The number of nitrogens with zero attached hydrogens (tertiary/aromatic N) is 1. The van der Waals surface area contributed by atoms with Crippen LogP contribution in [0.1, 0.15) is 62.1 Å². The number of carboxylic acids is 2. The average molecular weight is 460 g/mol. The van der Waals surface area contributed by atoms with Crippen LogP contribution in [0.4, 0.5) is 4.39 Å². The van der Waals surface area contributed by atoms with Crippen LogP contribution in [-0.2, 0) is 21.6 Å². The Morgan fingerprint density at radius 1 is 1.03 bits per heavy atom. The van der Waals surface area contributed by atoms with Crippen molar-refractivity contribution in [3.8, 4) is 0 Å². The number of halogens is 1. The fraction of sp³-hybridized carbons (Fsp3) is 0.462. The smallest absolute Gasteiger partial charge is 0.414 e. The van der Waals surface area contributed by atoms with E-state index in [4.69, 9.17) is 19.8 Å². The molecule has 0 bridgehead atoms. The van der Waals surface area contributed by atoms with E-state index < -0.39 is 17.5 Å². The molecule has 33 heavy (non-hydrogen) atoms. The molecule has 1 aliphatic rings. The largest absolute Gasteiger partial charge is 0.473 e. The molecule has 0 spiro atoms. The fourth-order valence-corrected chi connectivity index (χ4v) is 4.64. The first-order chi connectivity index (χ1) is 15.7. The van der Waals surface area contributed by atoms with Crippen LogP contribution in [0, 0.1) is 5.82 Å². The van der Waals surface area contributed by atoms with Crippen molar-refractivity contribution in [2.75, 3.05) is 19.6 Å². The molecule has 0 fully saturated rings. The molecule has 0 aliphatic heterocycles. The van der Waals surface area contributed by atoms with Crippen molar-refractivity contribution in [1.29, 1.82) is 0 Å². The fourth-order valence-electron chi connectivity index (χ4n) is 4.64. The predicted octanol–water partition coefficient (Wildman–Crippen LogP) is 4.41. The summed E-state index contributed by atoms with van der Waals surface area (Å²) in [5, 5.41) is 26.8. The van der Waals surface area contributed by atoms with Crippen molar-refractivity contribution in [1.82, 2.24) is 4.90 Å². The first-order valence-corrected chi connectivity index (χ1v) is 11.5. The second-order valence-corrected chi connectivity index (χ2v) is 8.32. The molecule has 0 unspecified atom stereocenters. The molecule has 3 N–H and O–H groups in total. The average Bonchev–Trinajstić information content (AvgIpc) is 2.95. The summed E-state index contributed by atoms with van der Waals surface area (Å²) >= 11 is 0. The summed E-state index contributed by atoms with van der Waals surface area (Å²) in [6.45, 7) is 7.42. The molecule has 2 aromatic carbocycles. The topological polar surface area (TPSA) is 98.1 Å². The zero-order chi connectivity index (χ0) is 24.4. The van der Waals surface area contributed by atoms with Crippen LogP contribution in [0.3, 0.4) is 0 Å². The molecule has 6 nitrogen and oxygen atoms in total. The Hall–Kier alpha value is -2.77. The van der Waals surface area contributed by atoms with Crippen molar-refractivity contribution >= 4 is 11.9 Å². The van der Waals surface area contributed by atoms with E-state index >= 15 is 0 Å². The van der Waals surface area contributed by atoms with Gasteiger partial charge >= 0.3 is 11.9 Å². The summed E-state index contributed by atoms with van der Waals surface area (Å²) in [6, 6.07) is 15.1. The van der Waals surface area contributed by atoms with Gasteiger partial charge in [0.2, 0.25) is 0 Å². The van der Waals surface area contributed by atoms with Crippen molar-refractivity contribution in [2.24, 2.45) is 0 Å². The van der Waals surface area contributed by atoms with Gasteiger partial charge in [-0.1, -0.05) is 50.2 Å². The molecule has 2 atom stereocenters. The van der Waals surface area contributed by atoms with Crippen LogP contribution in [-0.4, -0.2) is 51.8 Å². The van der Waals surface area contributed by atoms with Gasteiger partial charge in [-0.25, -0.2) is 14.0 Å². The van der Waals surface area contributed by atoms with Crippen LogP contribution < -0.4 is 0 Å². The van der Waals surface area contributed by atoms with E-state index in [1.165, 1.54) is 17.7 Å². The van der Waals surface area contributed by atoms with Gasteiger partial charge in [0.05, 0.1) is 5.60 Å². The van der Waals surface area contributed by atoms with E-state index in [1.807, 2.05) is 18.2 Å². The van der Waals surface area contributed by atoms with E-state index in [1.54, 1.807) is 0 Å². The Morgan fingerprint density at radius 3 is 2.21 bits per heavy atom. The molecular formula is C26H34FNO5. The van der Waals surface area contributed by atoms with Gasteiger partial charge in [0.25, 0.3) is 0 Å². The van der Waals surface area contributed by atoms with Crippen LogP contribution in [0.2, 0.25) is 0 Å². The molecule has 1 aliphatic carbocycles. The number of carbonyl (C=O) groups is 2. The Bertz CT molecular complexity index is 901. The maximum atomic E-state index is 13.5. The molecule has 180 valence electrons. The third-order valence-electron chi connectivity index (χ3n) is 6.38. The lowest BCUT2D eigenvalue weighted by Crippen LogP contribution is -2.35. The Balaban J connectivity index is 0.000000569. The highest BCUT2D eigenvalue weighted by atomic mass is 19.1. The van der Waals surface area contributed by atoms with E-state index in [2.05, 4.69) is 36.9 Å². The first-order valence-electron chi connectivity index (χ1n) is 11.5. The standard InChI is InChI=1S/C24H32FNO.C2H2O4/c1-3-26(4-2)18-8-17-24(27)22-11-6-5-9-19(22)10-7-12-23(24)20-13-15-21(25)16-14-20;3-1(4)2(5)6/h5-6,9,11,13-16,23,27H,3-4,7-8,10,12,17-18H2,1-2H3;(H,3,4)(H,5,6)/t23-,24+;/m1./s1. The second-order valence-electron chi connectivity index (χ2n) is 8.32. The van der Waals surface area contributed by atoms with Gasteiger partial charge in [-0.2, -0.15) is 0 Å². The van der Waals surface area contributed by atoms with E-state index in [0.29, 0.717) is 0 Å². The SMILES string of the molecule is CCN(CC)CCC[C@]1(O)c2ccccc2CCC[C@@H]1c1ccc(F)cc1.O=C(O)C(=O)O. The molecule has 0 aromatic heterocycles. The highest BCUT2D eigenvalue weighted by Crippen LogP contribution is 2.47. The summed E-state index contributed by atoms with van der Waals surface area (Å²) in [5.74, 6) is -3.87. The number of aliphatic hydroxyl groups is 1. The first kappa shape index (κ1) is 26.5. The van der Waals surface area contributed by atoms with E-state index in [9.17, 15) is 9.50 Å². The maximum Gasteiger partial charge on any atom is 0.414 e.